The molecule has 0 radical (unpaired) electrons. The standard InChI is InChI=1S/C14H10N2O4S3/c17-13-12(8-10-6-7-20-9-10)22-14(21)16(13)15-23(18,19)11-4-2-1-3-5-11/h1-9,15H/b12-8+. The molecular weight excluding hydrogens is 356 g/mol. The Labute approximate surface area is 142 Å². The van der Waals surface area contributed by atoms with Gasteiger partial charge in [-0.15, -0.1) is 4.83 Å². The fourth-order valence-corrected chi connectivity index (χ4v) is 4.16. The van der Waals surface area contributed by atoms with E-state index >= 15 is 0 Å². The number of carbonyl (C=O) groups is 1. The quantitative estimate of drug-likeness (QED) is 0.661. The van der Waals surface area contributed by atoms with E-state index in [9.17, 15) is 13.2 Å². The molecule has 0 aliphatic carbocycles. The van der Waals surface area contributed by atoms with Crippen molar-refractivity contribution in [1.29, 1.82) is 0 Å². The molecule has 1 aromatic heterocycles. The van der Waals surface area contributed by atoms with Crippen molar-refractivity contribution >= 4 is 50.3 Å². The summed E-state index contributed by atoms with van der Waals surface area (Å²) in [5.41, 5.74) is 0.691. The Kier molecular flexibility index (Phi) is 4.35. The molecule has 23 heavy (non-hydrogen) atoms. The smallest absolute Gasteiger partial charge is 0.281 e. The molecular formula is C14H10N2O4S3. The Morgan fingerprint density at radius 3 is 2.61 bits per heavy atom. The summed E-state index contributed by atoms with van der Waals surface area (Å²) in [5.74, 6) is -0.527. The van der Waals surface area contributed by atoms with Crippen LogP contribution in [-0.4, -0.2) is 23.7 Å². The summed E-state index contributed by atoms with van der Waals surface area (Å²) in [5, 5.41) is 0.855. The van der Waals surface area contributed by atoms with E-state index in [1.165, 1.54) is 24.7 Å². The molecule has 118 valence electrons. The maximum atomic E-state index is 12.3. The first-order chi connectivity index (χ1) is 11.0. The second-order valence-electron chi connectivity index (χ2n) is 4.48. The molecule has 1 saturated heterocycles. The third-order valence-corrected chi connectivity index (χ3v) is 5.52. The molecule has 9 heteroatoms. The van der Waals surface area contributed by atoms with Gasteiger partial charge in [0, 0.05) is 5.56 Å². The van der Waals surface area contributed by atoms with Crippen LogP contribution in [0.4, 0.5) is 0 Å². The average Bonchev–Trinajstić information content (AvgIpc) is 3.13. The van der Waals surface area contributed by atoms with Gasteiger partial charge in [0.05, 0.1) is 22.3 Å². The van der Waals surface area contributed by atoms with Crippen LogP contribution >= 0.6 is 24.0 Å². The van der Waals surface area contributed by atoms with Crippen molar-refractivity contribution in [1.82, 2.24) is 9.84 Å². The molecule has 1 aliphatic rings. The molecule has 1 aliphatic heterocycles. The number of rotatable bonds is 4. The van der Waals surface area contributed by atoms with Crippen molar-refractivity contribution in [3.05, 3.63) is 59.4 Å². The average molecular weight is 366 g/mol. The maximum Gasteiger partial charge on any atom is 0.281 e. The Balaban J connectivity index is 1.84. The van der Waals surface area contributed by atoms with Crippen molar-refractivity contribution in [2.45, 2.75) is 4.90 Å². The van der Waals surface area contributed by atoms with Gasteiger partial charge in [-0.2, -0.15) is 0 Å². The molecule has 6 nitrogen and oxygen atoms in total. The van der Waals surface area contributed by atoms with Crippen molar-refractivity contribution in [2.75, 3.05) is 0 Å². The van der Waals surface area contributed by atoms with Gasteiger partial charge in [-0.25, -0.2) is 13.4 Å². The fraction of sp³-hybridized carbons (Fsp3) is 0. The number of hydrazine groups is 1. The molecule has 1 aromatic carbocycles. The van der Waals surface area contributed by atoms with Gasteiger partial charge in [0.25, 0.3) is 15.9 Å². The number of hydrogen-bond acceptors (Lipinski definition) is 6. The number of benzene rings is 1. The summed E-state index contributed by atoms with van der Waals surface area (Å²) in [6, 6.07) is 9.44. The number of hydrogen-bond donors (Lipinski definition) is 1. The van der Waals surface area contributed by atoms with Crippen LogP contribution in [0, 0.1) is 0 Å². The molecule has 1 fully saturated rings. The summed E-state index contributed by atoms with van der Waals surface area (Å²) in [4.78, 5) is 14.9. The van der Waals surface area contributed by atoms with Gasteiger partial charge in [0.15, 0.2) is 4.32 Å². The summed E-state index contributed by atoms with van der Waals surface area (Å²) in [6.45, 7) is 0. The SMILES string of the molecule is O=C1/C(=C\c2ccoc2)SC(=S)N1NS(=O)(=O)c1ccccc1. The molecule has 0 bridgehead atoms. The lowest BCUT2D eigenvalue weighted by atomic mass is 10.3. The molecule has 2 aromatic rings. The van der Waals surface area contributed by atoms with Gasteiger partial charge in [0.1, 0.15) is 0 Å². The molecule has 2 heterocycles. The van der Waals surface area contributed by atoms with E-state index in [2.05, 4.69) is 4.83 Å². The molecule has 1 N–H and O–H groups in total. The van der Waals surface area contributed by atoms with Crippen LogP contribution in [0.1, 0.15) is 5.56 Å². The lowest BCUT2D eigenvalue weighted by Crippen LogP contribution is -2.44. The highest BCUT2D eigenvalue weighted by atomic mass is 32.2. The summed E-state index contributed by atoms with van der Waals surface area (Å²) < 4.78 is 29.6. The Hall–Kier alpha value is -1.94. The van der Waals surface area contributed by atoms with Crippen LogP contribution in [0.3, 0.4) is 0 Å². The van der Waals surface area contributed by atoms with E-state index in [4.69, 9.17) is 16.6 Å². The normalized spacial score (nSPS) is 17.2. The monoisotopic (exact) mass is 366 g/mol. The van der Waals surface area contributed by atoms with Crippen molar-refractivity contribution in [2.24, 2.45) is 0 Å². The van der Waals surface area contributed by atoms with Crippen LogP contribution in [0.25, 0.3) is 6.08 Å². The van der Waals surface area contributed by atoms with Crippen LogP contribution in [0.15, 0.2) is 63.1 Å². The molecule has 0 unspecified atom stereocenters. The van der Waals surface area contributed by atoms with Gasteiger partial charge in [-0.05, 0) is 24.3 Å². The third-order valence-electron chi connectivity index (χ3n) is 2.90. The van der Waals surface area contributed by atoms with Crippen molar-refractivity contribution in [3.63, 3.8) is 0 Å². The highest BCUT2D eigenvalue weighted by Gasteiger charge is 2.35. The van der Waals surface area contributed by atoms with Crippen LogP contribution in [-0.2, 0) is 14.8 Å². The number of nitrogens with zero attached hydrogens (tertiary/aromatic N) is 1. The van der Waals surface area contributed by atoms with Crippen molar-refractivity contribution in [3.8, 4) is 0 Å². The summed E-state index contributed by atoms with van der Waals surface area (Å²) >= 11 is 6.10. The number of amides is 1. The lowest BCUT2D eigenvalue weighted by molar-refractivity contribution is -0.123. The molecule has 3 rings (SSSR count). The van der Waals surface area contributed by atoms with E-state index in [-0.39, 0.29) is 9.22 Å². The molecule has 0 saturated carbocycles. The number of carbonyl (C=O) groups excluding carboxylic acids is 1. The zero-order chi connectivity index (χ0) is 16.4. The second-order valence-corrected chi connectivity index (χ2v) is 7.82. The zero-order valence-electron chi connectivity index (χ0n) is 11.5. The van der Waals surface area contributed by atoms with Gasteiger partial charge in [-0.1, -0.05) is 42.2 Å². The van der Waals surface area contributed by atoms with Crippen LogP contribution in [0.5, 0.6) is 0 Å². The van der Waals surface area contributed by atoms with Gasteiger partial charge in [0.2, 0.25) is 0 Å². The Morgan fingerprint density at radius 1 is 1.22 bits per heavy atom. The zero-order valence-corrected chi connectivity index (χ0v) is 14.0. The third kappa shape index (κ3) is 3.37. The second kappa shape index (κ2) is 6.28. The first-order valence-electron chi connectivity index (χ1n) is 6.35. The van der Waals surface area contributed by atoms with Crippen LogP contribution < -0.4 is 4.83 Å². The van der Waals surface area contributed by atoms with Crippen molar-refractivity contribution < 1.29 is 17.6 Å². The highest BCUT2D eigenvalue weighted by Crippen LogP contribution is 2.32. The summed E-state index contributed by atoms with van der Waals surface area (Å²) in [7, 11) is -3.89. The molecule has 1 amide bonds. The van der Waals surface area contributed by atoms with Gasteiger partial charge < -0.3 is 4.42 Å². The first-order valence-corrected chi connectivity index (χ1v) is 9.06. The minimum atomic E-state index is -3.89. The topological polar surface area (TPSA) is 79.6 Å². The minimum absolute atomic E-state index is 0.0489. The number of thioether (sulfide) groups is 1. The minimum Gasteiger partial charge on any atom is -0.472 e. The predicted octanol–water partition coefficient (Wildman–Crippen LogP) is 2.37. The fourth-order valence-electron chi connectivity index (χ4n) is 1.83. The highest BCUT2D eigenvalue weighted by molar-refractivity contribution is 8.26. The number of thiocarbonyl (C=S) groups is 1. The van der Waals surface area contributed by atoms with E-state index in [1.54, 1.807) is 30.3 Å². The summed E-state index contributed by atoms with van der Waals surface area (Å²) in [6.07, 6.45) is 4.53. The molecule has 0 atom stereocenters. The predicted molar refractivity (Wildman–Crippen MR) is 90.5 cm³/mol. The number of sulfonamides is 1. The Bertz CT molecular complexity index is 874. The Morgan fingerprint density at radius 2 is 1.96 bits per heavy atom. The number of nitrogens with one attached hydrogen (secondary N) is 1. The number of furan rings is 1. The largest absolute Gasteiger partial charge is 0.472 e. The molecule has 0 spiro atoms. The lowest BCUT2D eigenvalue weighted by Gasteiger charge is -2.15. The van der Waals surface area contributed by atoms with E-state index < -0.39 is 15.9 Å². The first kappa shape index (κ1) is 15.9. The van der Waals surface area contributed by atoms with E-state index in [0.717, 1.165) is 16.8 Å². The van der Waals surface area contributed by atoms with E-state index in [1.807, 2.05) is 0 Å². The van der Waals surface area contributed by atoms with E-state index in [0.29, 0.717) is 10.5 Å². The maximum absolute atomic E-state index is 12.3. The van der Waals surface area contributed by atoms with Crippen LogP contribution in [0.2, 0.25) is 0 Å². The van der Waals surface area contributed by atoms with Gasteiger partial charge >= 0.3 is 0 Å². The van der Waals surface area contributed by atoms with Gasteiger partial charge in [-0.3, -0.25) is 4.79 Å².